The number of allylic oxidation sites excluding steroid dienone is 5. The third-order valence-corrected chi connectivity index (χ3v) is 3.73. The third kappa shape index (κ3) is 5.15. The monoisotopic (exact) mass is 326 g/mol. The summed E-state index contributed by atoms with van der Waals surface area (Å²) in [4.78, 5) is 22.3. The number of hydrogen-bond donors (Lipinski definition) is 1. The van der Waals surface area contributed by atoms with Gasteiger partial charge in [-0.05, 0) is 41.6 Å². The van der Waals surface area contributed by atoms with E-state index in [1.165, 1.54) is 0 Å². The van der Waals surface area contributed by atoms with Crippen LogP contribution in [0.5, 0.6) is 0 Å². The van der Waals surface area contributed by atoms with Crippen LogP contribution < -0.4 is 0 Å². The molecule has 1 atom stereocenters. The fourth-order valence-corrected chi connectivity index (χ4v) is 2.67. The van der Waals surface area contributed by atoms with Crippen molar-refractivity contribution < 1.29 is 14.7 Å². The van der Waals surface area contributed by atoms with E-state index in [0.717, 1.165) is 31.3 Å². The summed E-state index contributed by atoms with van der Waals surface area (Å²) in [5.41, 5.74) is 0.838. The molecule has 1 aliphatic carbocycles. The minimum atomic E-state index is -0.747. The summed E-state index contributed by atoms with van der Waals surface area (Å²) >= 11 is 3.28. The number of unbranched alkanes of at least 4 members (excludes halogenated alkanes) is 3. The number of carboxylic acids is 1. The summed E-state index contributed by atoms with van der Waals surface area (Å²) in [5.74, 6) is -0.542. The van der Waals surface area contributed by atoms with Crippen LogP contribution in [0.4, 0.5) is 0 Å². The first-order chi connectivity index (χ1) is 9.06. The van der Waals surface area contributed by atoms with Gasteiger partial charge in [0.05, 0.1) is 4.48 Å². The summed E-state index contributed by atoms with van der Waals surface area (Å²) in [6, 6.07) is 0. The van der Waals surface area contributed by atoms with E-state index in [4.69, 9.17) is 5.11 Å². The van der Waals surface area contributed by atoms with Crippen molar-refractivity contribution in [3.05, 3.63) is 34.9 Å². The summed E-state index contributed by atoms with van der Waals surface area (Å²) in [6.45, 7) is 3.71. The maximum absolute atomic E-state index is 11.9. The third-order valence-electron chi connectivity index (χ3n) is 3.11. The molecule has 104 valence electrons. The second kappa shape index (κ2) is 8.10. The highest BCUT2D eigenvalue weighted by Crippen LogP contribution is 2.33. The van der Waals surface area contributed by atoms with Crippen LogP contribution in [-0.2, 0) is 9.59 Å². The molecule has 0 aliphatic heterocycles. The van der Waals surface area contributed by atoms with E-state index in [0.29, 0.717) is 10.9 Å². The SMILES string of the molecule is C=CCC1C=C(Br)C(=O)/C1=C\CCCCCC(=O)O. The molecule has 3 nitrogen and oxygen atoms in total. The quantitative estimate of drug-likeness (QED) is 0.416. The van der Waals surface area contributed by atoms with Crippen molar-refractivity contribution in [3.63, 3.8) is 0 Å². The van der Waals surface area contributed by atoms with Gasteiger partial charge in [-0.1, -0.05) is 24.6 Å². The fraction of sp³-hybridized carbons (Fsp3) is 0.467. The van der Waals surface area contributed by atoms with Gasteiger partial charge in [-0.25, -0.2) is 0 Å². The molecule has 1 rings (SSSR count). The van der Waals surface area contributed by atoms with Crippen LogP contribution in [0.25, 0.3) is 0 Å². The van der Waals surface area contributed by atoms with Crippen LogP contribution in [0.3, 0.4) is 0 Å². The number of halogens is 1. The first-order valence-electron chi connectivity index (χ1n) is 6.51. The van der Waals surface area contributed by atoms with E-state index < -0.39 is 5.97 Å². The van der Waals surface area contributed by atoms with Crippen LogP contribution in [0.1, 0.15) is 38.5 Å². The highest BCUT2D eigenvalue weighted by molar-refractivity contribution is 9.12. The highest BCUT2D eigenvalue weighted by Gasteiger charge is 2.27. The van der Waals surface area contributed by atoms with Gasteiger partial charge in [-0.2, -0.15) is 0 Å². The number of rotatable bonds is 8. The van der Waals surface area contributed by atoms with Crippen molar-refractivity contribution in [2.24, 2.45) is 5.92 Å². The number of Topliss-reactive ketones (excluding diaryl/α,β-unsaturated/α-hetero) is 1. The topological polar surface area (TPSA) is 54.4 Å². The molecule has 0 amide bonds. The standard InChI is InChI=1S/C15H19BrO3/c1-2-7-11-10-13(16)15(19)12(11)8-5-3-4-6-9-14(17)18/h2,8,10-11H,1,3-7,9H2,(H,17,18)/b12-8-. The first kappa shape index (κ1) is 15.9. The lowest BCUT2D eigenvalue weighted by Crippen LogP contribution is -2.03. The summed E-state index contributed by atoms with van der Waals surface area (Å²) in [5, 5.41) is 8.52. The molecular formula is C15H19BrO3. The molecule has 0 saturated carbocycles. The summed E-state index contributed by atoms with van der Waals surface area (Å²) in [7, 11) is 0. The predicted molar refractivity (Wildman–Crippen MR) is 79.1 cm³/mol. The average Bonchev–Trinajstić information content (AvgIpc) is 2.61. The predicted octanol–water partition coefficient (Wildman–Crippen LogP) is 4.00. The highest BCUT2D eigenvalue weighted by atomic mass is 79.9. The van der Waals surface area contributed by atoms with Crippen molar-refractivity contribution in [3.8, 4) is 0 Å². The molecule has 0 bridgehead atoms. The molecule has 0 saturated heterocycles. The van der Waals surface area contributed by atoms with Gasteiger partial charge in [-0.3, -0.25) is 9.59 Å². The summed E-state index contributed by atoms with van der Waals surface area (Å²) in [6.07, 6.45) is 10.1. The van der Waals surface area contributed by atoms with E-state index >= 15 is 0 Å². The molecular weight excluding hydrogens is 308 g/mol. The molecule has 19 heavy (non-hydrogen) atoms. The number of ketones is 1. The molecule has 0 heterocycles. The van der Waals surface area contributed by atoms with Crippen molar-refractivity contribution in [2.75, 3.05) is 0 Å². The average molecular weight is 327 g/mol. The van der Waals surface area contributed by atoms with Gasteiger partial charge in [0.25, 0.3) is 0 Å². The molecule has 1 N–H and O–H groups in total. The molecule has 1 aliphatic rings. The van der Waals surface area contributed by atoms with Crippen molar-refractivity contribution in [2.45, 2.75) is 38.5 Å². The second-order valence-corrected chi connectivity index (χ2v) is 5.48. The summed E-state index contributed by atoms with van der Waals surface area (Å²) < 4.78 is 0.636. The maximum atomic E-state index is 11.9. The molecule has 0 aromatic carbocycles. The number of carbonyl (C=O) groups excluding carboxylic acids is 1. The molecule has 4 heteroatoms. The van der Waals surface area contributed by atoms with Gasteiger partial charge in [-0.15, -0.1) is 6.58 Å². The molecule has 0 spiro atoms. The van der Waals surface area contributed by atoms with Crippen LogP contribution in [0.2, 0.25) is 0 Å². The van der Waals surface area contributed by atoms with E-state index in [1.807, 2.05) is 18.2 Å². The Hall–Kier alpha value is -1.16. The van der Waals surface area contributed by atoms with Gasteiger partial charge in [0.2, 0.25) is 0 Å². The van der Waals surface area contributed by atoms with Gasteiger partial charge >= 0.3 is 5.97 Å². The zero-order valence-corrected chi connectivity index (χ0v) is 12.5. The smallest absolute Gasteiger partial charge is 0.303 e. The second-order valence-electron chi connectivity index (χ2n) is 4.63. The van der Waals surface area contributed by atoms with Gasteiger partial charge in [0.15, 0.2) is 5.78 Å². The maximum Gasteiger partial charge on any atom is 0.303 e. The Morgan fingerprint density at radius 3 is 2.79 bits per heavy atom. The van der Waals surface area contributed by atoms with E-state index in [9.17, 15) is 9.59 Å². The molecule has 1 unspecified atom stereocenters. The van der Waals surface area contributed by atoms with E-state index in [2.05, 4.69) is 22.5 Å². The number of carboxylic acid groups (broad SMARTS) is 1. The molecule has 0 aromatic rings. The lowest BCUT2D eigenvalue weighted by Gasteiger charge is -2.06. The lowest BCUT2D eigenvalue weighted by atomic mass is 9.97. The minimum absolute atomic E-state index is 0.0670. The van der Waals surface area contributed by atoms with E-state index in [-0.39, 0.29) is 18.1 Å². The Morgan fingerprint density at radius 2 is 2.16 bits per heavy atom. The Labute approximate surface area is 122 Å². The zero-order valence-electron chi connectivity index (χ0n) is 10.9. The molecule has 0 fully saturated rings. The van der Waals surface area contributed by atoms with Crippen LogP contribution >= 0.6 is 15.9 Å². The van der Waals surface area contributed by atoms with E-state index in [1.54, 1.807) is 0 Å². The first-order valence-corrected chi connectivity index (χ1v) is 7.30. The Kier molecular flexibility index (Phi) is 6.78. The molecule has 0 aromatic heterocycles. The van der Waals surface area contributed by atoms with Gasteiger partial charge in [0.1, 0.15) is 0 Å². The number of hydrogen-bond acceptors (Lipinski definition) is 2. The van der Waals surface area contributed by atoms with Crippen LogP contribution in [-0.4, -0.2) is 16.9 Å². The Bertz CT molecular complexity index is 421. The molecule has 0 radical (unpaired) electrons. The van der Waals surface area contributed by atoms with Crippen molar-refractivity contribution in [1.82, 2.24) is 0 Å². The zero-order chi connectivity index (χ0) is 14.3. The fourth-order valence-electron chi connectivity index (χ4n) is 2.12. The minimum Gasteiger partial charge on any atom is -0.481 e. The number of aliphatic carboxylic acids is 1. The van der Waals surface area contributed by atoms with Crippen LogP contribution in [0.15, 0.2) is 34.9 Å². The largest absolute Gasteiger partial charge is 0.481 e. The normalized spacial score (nSPS) is 20.7. The lowest BCUT2D eigenvalue weighted by molar-refractivity contribution is -0.137. The van der Waals surface area contributed by atoms with Crippen molar-refractivity contribution in [1.29, 1.82) is 0 Å². The van der Waals surface area contributed by atoms with Crippen LogP contribution in [0, 0.1) is 5.92 Å². The Morgan fingerprint density at radius 1 is 1.42 bits per heavy atom. The van der Waals surface area contributed by atoms with Gasteiger partial charge in [0, 0.05) is 17.9 Å². The van der Waals surface area contributed by atoms with Gasteiger partial charge < -0.3 is 5.11 Å². The van der Waals surface area contributed by atoms with Crippen molar-refractivity contribution >= 4 is 27.7 Å². The Balaban J connectivity index is 2.40. The number of carbonyl (C=O) groups is 2.